The van der Waals surface area contributed by atoms with Crippen molar-refractivity contribution in [2.45, 2.75) is 6.18 Å². The molecule has 0 aliphatic rings. The lowest BCUT2D eigenvalue weighted by molar-refractivity contribution is -0.138. The zero-order chi connectivity index (χ0) is 12.3. The van der Waals surface area contributed by atoms with Crippen LogP contribution < -0.4 is 11.1 Å². The fourth-order valence-corrected chi connectivity index (χ4v) is 1.50. The molecule has 0 saturated heterocycles. The van der Waals surface area contributed by atoms with Gasteiger partial charge in [-0.15, -0.1) is 0 Å². The number of nitrogens with one attached hydrogen (secondary N) is 1. The van der Waals surface area contributed by atoms with Crippen molar-refractivity contribution in [1.82, 2.24) is 0 Å². The average Bonchev–Trinajstić information content (AvgIpc) is 2.19. The van der Waals surface area contributed by atoms with Crippen LogP contribution in [-0.4, -0.2) is 13.0 Å². The highest BCUT2D eigenvalue weighted by Crippen LogP contribution is 2.36. The minimum absolute atomic E-state index is 0.0161. The quantitative estimate of drug-likeness (QED) is 0.618. The molecule has 16 heavy (non-hydrogen) atoms. The van der Waals surface area contributed by atoms with Gasteiger partial charge in [0.2, 0.25) is 0 Å². The van der Waals surface area contributed by atoms with Gasteiger partial charge in [0.25, 0.3) is 0 Å². The molecule has 0 heterocycles. The number of alkyl halides is 3. The van der Waals surface area contributed by atoms with Crippen molar-refractivity contribution in [1.29, 1.82) is 0 Å². The van der Waals surface area contributed by atoms with Crippen LogP contribution in [0.2, 0.25) is 0 Å². The van der Waals surface area contributed by atoms with E-state index in [4.69, 9.17) is 5.73 Å². The second-order valence-corrected chi connectivity index (χ2v) is 3.78. The number of aliphatic imine (C=N–C) groups is 1. The van der Waals surface area contributed by atoms with E-state index in [1.54, 1.807) is 0 Å². The average molecular weight is 296 g/mol. The maximum absolute atomic E-state index is 12.5. The number of anilines is 1. The van der Waals surface area contributed by atoms with E-state index in [1.807, 2.05) is 0 Å². The summed E-state index contributed by atoms with van der Waals surface area (Å²) in [6.07, 6.45) is -4.41. The second-order valence-electron chi connectivity index (χ2n) is 2.93. The van der Waals surface area contributed by atoms with Crippen LogP contribution in [0.3, 0.4) is 0 Å². The molecule has 0 aromatic heterocycles. The minimum Gasteiger partial charge on any atom is -0.370 e. The molecule has 0 aliphatic carbocycles. The largest absolute Gasteiger partial charge is 0.417 e. The normalized spacial score (nSPS) is 12.7. The summed E-state index contributed by atoms with van der Waals surface area (Å²) in [5, 5.41) is 2.54. The predicted octanol–water partition coefficient (Wildman–Crippen LogP) is 2.82. The van der Waals surface area contributed by atoms with Crippen LogP contribution in [0.15, 0.2) is 27.7 Å². The summed E-state index contributed by atoms with van der Waals surface area (Å²) >= 11 is 2.84. The smallest absolute Gasteiger partial charge is 0.370 e. The van der Waals surface area contributed by atoms with E-state index in [0.717, 1.165) is 6.07 Å². The van der Waals surface area contributed by atoms with Gasteiger partial charge in [0.05, 0.1) is 5.56 Å². The molecule has 3 N–H and O–H groups in total. The summed E-state index contributed by atoms with van der Waals surface area (Å²) in [7, 11) is 1.44. The van der Waals surface area contributed by atoms with E-state index < -0.39 is 11.7 Å². The third-order valence-corrected chi connectivity index (χ3v) is 2.48. The number of benzene rings is 1. The van der Waals surface area contributed by atoms with Crippen molar-refractivity contribution in [3.8, 4) is 0 Å². The van der Waals surface area contributed by atoms with Crippen molar-refractivity contribution < 1.29 is 13.2 Å². The summed E-state index contributed by atoms with van der Waals surface area (Å²) < 4.78 is 37.6. The van der Waals surface area contributed by atoms with Gasteiger partial charge in [-0.3, -0.25) is 4.99 Å². The van der Waals surface area contributed by atoms with Gasteiger partial charge in [0.1, 0.15) is 0 Å². The molecule has 0 saturated carbocycles. The van der Waals surface area contributed by atoms with E-state index >= 15 is 0 Å². The molecule has 0 radical (unpaired) electrons. The Morgan fingerprint density at radius 2 is 2.06 bits per heavy atom. The Hall–Kier alpha value is -1.24. The standard InChI is InChI=1S/C9H9BrF3N3/c1-15-8(14)16-5-2-3-7(10)6(4-5)9(11,12)13/h2-4H,1H3,(H3,14,15,16). The molecule has 0 amide bonds. The molecule has 0 aliphatic heterocycles. The first-order valence-electron chi connectivity index (χ1n) is 4.20. The van der Waals surface area contributed by atoms with Gasteiger partial charge in [-0.25, -0.2) is 0 Å². The third kappa shape index (κ3) is 3.13. The summed E-state index contributed by atoms with van der Waals surface area (Å²) in [6.45, 7) is 0. The number of hydrogen-bond acceptors (Lipinski definition) is 1. The molecule has 0 fully saturated rings. The monoisotopic (exact) mass is 295 g/mol. The summed E-state index contributed by atoms with van der Waals surface area (Å²) in [5.41, 5.74) is 4.82. The highest BCUT2D eigenvalue weighted by atomic mass is 79.9. The highest BCUT2D eigenvalue weighted by molar-refractivity contribution is 9.10. The van der Waals surface area contributed by atoms with Crippen molar-refractivity contribution in [2.75, 3.05) is 12.4 Å². The lowest BCUT2D eigenvalue weighted by Crippen LogP contribution is -2.22. The SMILES string of the molecule is CN=C(N)Nc1ccc(Br)c(C(F)(F)F)c1. The van der Waals surface area contributed by atoms with E-state index in [-0.39, 0.29) is 16.1 Å². The Labute approximate surface area is 98.7 Å². The lowest BCUT2D eigenvalue weighted by atomic mass is 10.2. The molecule has 88 valence electrons. The fourth-order valence-electron chi connectivity index (χ4n) is 1.02. The zero-order valence-corrected chi connectivity index (χ0v) is 9.85. The van der Waals surface area contributed by atoms with Gasteiger partial charge in [0, 0.05) is 17.2 Å². The predicted molar refractivity (Wildman–Crippen MR) is 60.3 cm³/mol. The van der Waals surface area contributed by atoms with Crippen LogP contribution in [0.25, 0.3) is 0 Å². The van der Waals surface area contributed by atoms with E-state index in [0.29, 0.717) is 0 Å². The van der Waals surface area contributed by atoms with E-state index in [2.05, 4.69) is 26.2 Å². The number of nitrogens with two attached hydrogens (primary N) is 1. The van der Waals surface area contributed by atoms with Crippen molar-refractivity contribution in [3.05, 3.63) is 28.2 Å². The van der Waals surface area contributed by atoms with Gasteiger partial charge in [0.15, 0.2) is 5.96 Å². The molecule has 7 heteroatoms. The molecule has 0 bridgehead atoms. The molecule has 0 unspecified atom stereocenters. The van der Waals surface area contributed by atoms with E-state index in [1.165, 1.54) is 19.2 Å². The molecule has 1 rings (SSSR count). The van der Waals surface area contributed by atoms with Crippen LogP contribution >= 0.6 is 15.9 Å². The fraction of sp³-hybridized carbons (Fsp3) is 0.222. The maximum Gasteiger partial charge on any atom is 0.417 e. The Bertz CT molecular complexity index is 415. The summed E-state index contributed by atoms with van der Waals surface area (Å²) in [4.78, 5) is 3.59. The Morgan fingerprint density at radius 1 is 1.44 bits per heavy atom. The highest BCUT2D eigenvalue weighted by Gasteiger charge is 2.33. The Morgan fingerprint density at radius 3 is 2.56 bits per heavy atom. The Balaban J connectivity index is 3.08. The van der Waals surface area contributed by atoms with Crippen LogP contribution in [0.1, 0.15) is 5.56 Å². The zero-order valence-electron chi connectivity index (χ0n) is 8.27. The van der Waals surface area contributed by atoms with Crippen molar-refractivity contribution >= 4 is 27.6 Å². The first-order valence-corrected chi connectivity index (χ1v) is 5.00. The number of guanidine groups is 1. The van der Waals surface area contributed by atoms with Gasteiger partial charge in [-0.05, 0) is 18.2 Å². The molecule has 0 atom stereocenters. The Kier molecular flexibility index (Phi) is 3.79. The maximum atomic E-state index is 12.5. The summed E-state index contributed by atoms with van der Waals surface area (Å²) in [6, 6.07) is 3.73. The van der Waals surface area contributed by atoms with Crippen LogP contribution in [0.4, 0.5) is 18.9 Å². The number of halogens is 4. The molecule has 3 nitrogen and oxygen atoms in total. The van der Waals surface area contributed by atoms with Crippen LogP contribution in [0.5, 0.6) is 0 Å². The number of rotatable bonds is 1. The topological polar surface area (TPSA) is 50.4 Å². The van der Waals surface area contributed by atoms with Crippen molar-refractivity contribution in [2.24, 2.45) is 10.7 Å². The number of nitrogens with zero attached hydrogens (tertiary/aromatic N) is 1. The van der Waals surface area contributed by atoms with Gasteiger partial charge in [-0.2, -0.15) is 13.2 Å². The van der Waals surface area contributed by atoms with Crippen LogP contribution in [0, 0.1) is 0 Å². The van der Waals surface area contributed by atoms with E-state index in [9.17, 15) is 13.2 Å². The third-order valence-electron chi connectivity index (χ3n) is 1.79. The first kappa shape index (κ1) is 12.8. The van der Waals surface area contributed by atoms with Gasteiger partial charge in [-0.1, -0.05) is 15.9 Å². The lowest BCUT2D eigenvalue weighted by Gasteiger charge is -2.11. The van der Waals surface area contributed by atoms with Crippen LogP contribution in [-0.2, 0) is 6.18 Å². The number of hydrogen-bond donors (Lipinski definition) is 2. The summed E-state index contributed by atoms with van der Waals surface area (Å²) in [5.74, 6) is 0.0513. The molecule has 1 aromatic rings. The molecule has 1 aromatic carbocycles. The molecular weight excluding hydrogens is 287 g/mol. The molecule has 0 spiro atoms. The second kappa shape index (κ2) is 4.73. The van der Waals surface area contributed by atoms with Crippen molar-refractivity contribution in [3.63, 3.8) is 0 Å². The van der Waals surface area contributed by atoms with Gasteiger partial charge >= 0.3 is 6.18 Å². The van der Waals surface area contributed by atoms with Gasteiger partial charge < -0.3 is 11.1 Å². The minimum atomic E-state index is -4.41. The molecular formula is C9H9BrF3N3. The first-order chi connectivity index (χ1) is 7.34.